The molecule has 1 N–H and O–H groups in total. The Morgan fingerprint density at radius 1 is 1.30 bits per heavy atom. The van der Waals surface area contributed by atoms with Gasteiger partial charge in [-0.1, -0.05) is 26.3 Å². The van der Waals surface area contributed by atoms with Gasteiger partial charge in [0.15, 0.2) is 11.6 Å². The second-order valence-electron chi connectivity index (χ2n) is 8.93. The monoisotopic (exact) mass is 419 g/mol. The molecule has 1 aromatic carbocycles. The van der Waals surface area contributed by atoms with Crippen molar-refractivity contribution >= 4 is 11.9 Å². The van der Waals surface area contributed by atoms with Crippen LogP contribution in [0.2, 0.25) is 0 Å². The number of hydrogen-bond acceptors (Lipinski definition) is 5. The number of halogens is 1. The number of methoxy groups -OCH3 is 1. The fraction of sp³-hybridized carbons (Fsp3) is 0.565. The number of ether oxygens (including phenoxy) is 2. The lowest BCUT2D eigenvalue weighted by molar-refractivity contribution is -0.174. The van der Waals surface area contributed by atoms with E-state index in [2.05, 4.69) is 11.9 Å². The molecule has 0 aromatic heterocycles. The van der Waals surface area contributed by atoms with Gasteiger partial charge in [0.25, 0.3) is 0 Å². The van der Waals surface area contributed by atoms with E-state index in [-0.39, 0.29) is 11.8 Å². The van der Waals surface area contributed by atoms with Gasteiger partial charge in [0.05, 0.1) is 7.11 Å². The summed E-state index contributed by atoms with van der Waals surface area (Å²) in [7, 11) is 3.46. The van der Waals surface area contributed by atoms with Crippen molar-refractivity contribution in [2.45, 2.75) is 57.6 Å². The first kappa shape index (κ1) is 22.3. The number of carbonyl (C=O) groups is 2. The van der Waals surface area contributed by atoms with E-state index >= 15 is 0 Å². The van der Waals surface area contributed by atoms with E-state index in [4.69, 9.17) is 14.6 Å². The summed E-state index contributed by atoms with van der Waals surface area (Å²) < 4.78 is 26.2. The van der Waals surface area contributed by atoms with Gasteiger partial charge in [-0.25, -0.2) is 14.0 Å². The van der Waals surface area contributed by atoms with Crippen molar-refractivity contribution in [2.75, 3.05) is 20.7 Å². The molecule has 2 aliphatic rings. The number of esters is 1. The number of likely N-dealkylation sites (tertiary alicyclic amines) is 1. The van der Waals surface area contributed by atoms with E-state index in [1.807, 2.05) is 13.8 Å². The normalized spacial score (nSPS) is 25.8. The number of aliphatic carboxylic acids is 1. The van der Waals surface area contributed by atoms with E-state index < -0.39 is 28.8 Å². The largest absolute Gasteiger partial charge is 0.493 e. The second-order valence-corrected chi connectivity index (χ2v) is 8.93. The van der Waals surface area contributed by atoms with Gasteiger partial charge < -0.3 is 19.5 Å². The highest BCUT2D eigenvalue weighted by Crippen LogP contribution is 2.58. The first-order chi connectivity index (χ1) is 14.1. The Morgan fingerprint density at radius 2 is 2.03 bits per heavy atom. The lowest BCUT2D eigenvalue weighted by Crippen LogP contribution is -2.49. The molecule has 1 aromatic rings. The topological polar surface area (TPSA) is 76.1 Å². The summed E-state index contributed by atoms with van der Waals surface area (Å²) in [5.74, 6) is -2.41. The van der Waals surface area contributed by atoms with Gasteiger partial charge in [-0.2, -0.15) is 0 Å². The van der Waals surface area contributed by atoms with Gasteiger partial charge in [0.1, 0.15) is 5.60 Å². The average Bonchev–Trinajstić information content (AvgIpc) is 2.89. The molecule has 2 atom stereocenters. The molecule has 1 aliphatic carbocycles. The molecule has 7 heteroatoms. The van der Waals surface area contributed by atoms with Gasteiger partial charge in [0, 0.05) is 35.6 Å². The average molecular weight is 419 g/mol. The Morgan fingerprint density at radius 3 is 2.67 bits per heavy atom. The molecular formula is C23H30FNO5. The maximum Gasteiger partial charge on any atom is 0.331 e. The Balaban J connectivity index is 2.14. The Labute approximate surface area is 176 Å². The van der Waals surface area contributed by atoms with Crippen molar-refractivity contribution in [1.29, 1.82) is 0 Å². The predicted octanol–water partition coefficient (Wildman–Crippen LogP) is 3.67. The number of rotatable bonds is 6. The van der Waals surface area contributed by atoms with Crippen LogP contribution in [0.25, 0.3) is 0 Å². The molecule has 30 heavy (non-hydrogen) atoms. The van der Waals surface area contributed by atoms with Crippen LogP contribution in [0.5, 0.6) is 5.75 Å². The molecule has 6 nitrogen and oxygen atoms in total. The lowest BCUT2D eigenvalue weighted by atomic mass is 9.70. The number of carboxylic acids is 1. The van der Waals surface area contributed by atoms with Gasteiger partial charge in [-0.3, -0.25) is 0 Å². The number of carboxylic acid groups (broad SMARTS) is 1. The lowest BCUT2D eigenvalue weighted by Gasteiger charge is -2.46. The van der Waals surface area contributed by atoms with Crippen LogP contribution < -0.4 is 4.74 Å². The summed E-state index contributed by atoms with van der Waals surface area (Å²) in [4.78, 5) is 25.8. The summed E-state index contributed by atoms with van der Waals surface area (Å²) >= 11 is 0. The van der Waals surface area contributed by atoms with Gasteiger partial charge in [-0.15, -0.1) is 0 Å². The smallest absolute Gasteiger partial charge is 0.331 e. The summed E-state index contributed by atoms with van der Waals surface area (Å²) in [5, 5.41) is 8.89. The molecule has 1 fully saturated rings. The fourth-order valence-corrected chi connectivity index (χ4v) is 5.03. The van der Waals surface area contributed by atoms with E-state index in [0.717, 1.165) is 43.5 Å². The third-order valence-electron chi connectivity index (χ3n) is 6.61. The van der Waals surface area contributed by atoms with Crippen LogP contribution in [0, 0.1) is 11.2 Å². The number of nitrogens with zero attached hydrogens (tertiary/aromatic N) is 1. The molecular weight excluding hydrogens is 389 g/mol. The van der Waals surface area contributed by atoms with Crippen molar-refractivity contribution in [3.63, 3.8) is 0 Å². The van der Waals surface area contributed by atoms with Crippen molar-refractivity contribution in [3.8, 4) is 5.75 Å². The van der Waals surface area contributed by atoms with E-state index in [1.165, 1.54) is 13.2 Å². The zero-order chi connectivity index (χ0) is 22.1. The molecule has 1 heterocycles. The maximum absolute atomic E-state index is 14.7. The first-order valence-corrected chi connectivity index (χ1v) is 10.3. The molecule has 2 unspecified atom stereocenters. The molecule has 3 rings (SSSR count). The summed E-state index contributed by atoms with van der Waals surface area (Å²) in [6.07, 6.45) is 5.87. The minimum absolute atomic E-state index is 0.0894. The molecule has 1 saturated heterocycles. The van der Waals surface area contributed by atoms with Crippen molar-refractivity contribution < 1.29 is 28.6 Å². The number of hydrogen-bond donors (Lipinski definition) is 1. The van der Waals surface area contributed by atoms with Crippen molar-refractivity contribution in [3.05, 3.63) is 41.2 Å². The van der Waals surface area contributed by atoms with Crippen LogP contribution in [0.1, 0.15) is 50.7 Å². The van der Waals surface area contributed by atoms with Crippen LogP contribution in [-0.4, -0.2) is 48.7 Å². The Bertz CT molecular complexity index is 865. The minimum atomic E-state index is -1.23. The molecule has 1 aliphatic heterocycles. The summed E-state index contributed by atoms with van der Waals surface area (Å²) in [6.45, 7) is 4.95. The third kappa shape index (κ3) is 3.95. The maximum atomic E-state index is 14.7. The first-order valence-electron chi connectivity index (χ1n) is 10.3. The molecule has 0 saturated carbocycles. The van der Waals surface area contributed by atoms with E-state index in [1.54, 1.807) is 6.07 Å². The zero-order valence-electron chi connectivity index (χ0n) is 18.0. The minimum Gasteiger partial charge on any atom is -0.493 e. The molecule has 0 spiro atoms. The van der Waals surface area contributed by atoms with Crippen molar-refractivity contribution in [1.82, 2.24) is 4.90 Å². The van der Waals surface area contributed by atoms with Crippen LogP contribution >= 0.6 is 0 Å². The number of fused-ring (bicyclic) bond motifs is 1. The quantitative estimate of drug-likeness (QED) is 0.560. The van der Waals surface area contributed by atoms with E-state index in [9.17, 15) is 14.0 Å². The van der Waals surface area contributed by atoms with Crippen LogP contribution in [0.3, 0.4) is 0 Å². The molecule has 0 radical (unpaired) electrons. The molecule has 0 amide bonds. The molecule has 164 valence electrons. The third-order valence-corrected chi connectivity index (χ3v) is 6.61. The second kappa shape index (κ2) is 8.38. The highest BCUT2D eigenvalue weighted by Gasteiger charge is 2.58. The Kier molecular flexibility index (Phi) is 6.22. The van der Waals surface area contributed by atoms with Crippen LogP contribution in [0.15, 0.2) is 24.3 Å². The number of carbonyl (C=O) groups excluding carboxylic acids is 1. The van der Waals surface area contributed by atoms with Gasteiger partial charge in [0.2, 0.25) is 0 Å². The van der Waals surface area contributed by atoms with Crippen LogP contribution in [0.4, 0.5) is 4.39 Å². The number of benzene rings is 1. The van der Waals surface area contributed by atoms with Gasteiger partial charge >= 0.3 is 11.9 Å². The highest BCUT2D eigenvalue weighted by atomic mass is 19.1. The summed E-state index contributed by atoms with van der Waals surface area (Å²) in [5.41, 5.74) is -0.245. The standard InChI is InChI=1S/C23H30FNO5/c1-22(2)13-15-8-9-17(24)21(29-4)20(15)23(22,30-19(28)11-10-18(26)27)14-16-7-5-6-12-25(16)3/h8-11,16H,5-7,12-14H2,1-4H3,(H,26,27). The SMILES string of the molecule is COc1c(F)ccc2c1C(CC1CCCCN1C)(OC(=O)C=CC(=O)O)C(C)(C)C2. The summed E-state index contributed by atoms with van der Waals surface area (Å²) in [6, 6.07) is 3.25. The Hall–Kier alpha value is -2.41. The number of piperidine rings is 1. The van der Waals surface area contributed by atoms with Gasteiger partial charge in [-0.05, 0) is 44.5 Å². The predicted molar refractivity (Wildman–Crippen MR) is 110 cm³/mol. The zero-order valence-corrected chi connectivity index (χ0v) is 18.0. The van der Waals surface area contributed by atoms with Crippen molar-refractivity contribution in [2.24, 2.45) is 5.41 Å². The van der Waals surface area contributed by atoms with E-state index in [0.29, 0.717) is 18.4 Å². The van der Waals surface area contributed by atoms with Crippen LogP contribution in [-0.2, 0) is 26.3 Å². The highest BCUT2D eigenvalue weighted by molar-refractivity contribution is 5.91. The fourth-order valence-electron chi connectivity index (χ4n) is 5.03. The molecule has 0 bridgehead atoms.